The van der Waals surface area contributed by atoms with Crippen LogP contribution in [0.2, 0.25) is 0 Å². The van der Waals surface area contributed by atoms with Gasteiger partial charge in [-0.2, -0.15) is 4.98 Å². The van der Waals surface area contributed by atoms with Crippen LogP contribution in [0.3, 0.4) is 0 Å². The first-order valence-corrected chi connectivity index (χ1v) is 11.4. The first kappa shape index (κ1) is 25.8. The van der Waals surface area contributed by atoms with Crippen LogP contribution >= 0.6 is 0 Å². The molecule has 4 aromatic rings. The van der Waals surface area contributed by atoms with Gasteiger partial charge in [-0.05, 0) is 31.4 Å². The number of hydrogen-bond acceptors (Lipinski definition) is 4. The second kappa shape index (κ2) is 13.1. The van der Waals surface area contributed by atoms with Gasteiger partial charge in [0.1, 0.15) is 5.69 Å². The van der Waals surface area contributed by atoms with Gasteiger partial charge < -0.3 is 14.6 Å². The maximum atomic E-state index is 10.6. The van der Waals surface area contributed by atoms with E-state index in [1.54, 1.807) is 0 Å². The van der Waals surface area contributed by atoms with Crippen LogP contribution in [-0.2, 0) is 4.79 Å². The molecule has 0 N–H and O–H groups in total. The largest absolute Gasteiger partial charge is 1.00 e. The Morgan fingerprint density at radius 2 is 1.32 bits per heavy atom. The zero-order valence-corrected chi connectivity index (χ0v) is 21.5. The molecule has 168 valence electrons. The summed E-state index contributed by atoms with van der Waals surface area (Å²) in [7, 11) is 0. The topological polar surface area (TPSA) is 67.2 Å². The quantitative estimate of drug-likeness (QED) is 0.253. The zero-order chi connectivity index (χ0) is 22.9. The Hall–Kier alpha value is -2.86. The number of imidazole rings is 1. The number of carbonyl (C=O) groups is 1. The number of para-hydroxylation sites is 1. The maximum Gasteiger partial charge on any atom is 1.00 e. The predicted molar refractivity (Wildman–Crippen MR) is 128 cm³/mol. The van der Waals surface area contributed by atoms with Gasteiger partial charge >= 0.3 is 35.6 Å². The van der Waals surface area contributed by atoms with Crippen molar-refractivity contribution in [1.82, 2.24) is 9.55 Å². The molecule has 0 bridgehead atoms. The minimum atomic E-state index is -0.988. The van der Waals surface area contributed by atoms with Gasteiger partial charge in [-0.25, -0.2) is 0 Å². The van der Waals surface area contributed by atoms with Crippen molar-refractivity contribution in [2.45, 2.75) is 32.1 Å². The molecule has 34 heavy (non-hydrogen) atoms. The number of carboxylic acids is 1. The Labute approximate surface area is 222 Å². The summed E-state index contributed by atoms with van der Waals surface area (Å²) in [6.07, 6.45) is 3.32. The van der Waals surface area contributed by atoms with Crippen molar-refractivity contribution in [2.75, 3.05) is 6.61 Å². The Morgan fingerprint density at radius 3 is 1.94 bits per heavy atom. The molecule has 1 aromatic heterocycles. The van der Waals surface area contributed by atoms with Gasteiger partial charge in [0.2, 0.25) is 0 Å². The van der Waals surface area contributed by atoms with Crippen molar-refractivity contribution in [1.29, 1.82) is 0 Å². The summed E-state index contributed by atoms with van der Waals surface area (Å²) in [6.45, 7) is 0.512. The molecular weight excluding hydrogens is 435 g/mol. The number of nitrogens with zero attached hydrogens (tertiary/aromatic N) is 2. The third-order valence-corrected chi connectivity index (χ3v) is 5.46. The van der Waals surface area contributed by atoms with Crippen LogP contribution in [0.4, 0.5) is 0 Å². The molecule has 0 saturated heterocycles. The average Bonchev–Trinajstić information content (AvgIpc) is 3.24. The van der Waals surface area contributed by atoms with Crippen LogP contribution in [0.15, 0.2) is 91.0 Å². The summed E-state index contributed by atoms with van der Waals surface area (Å²) < 4.78 is 8.28. The molecule has 0 fully saturated rings. The minimum absolute atomic E-state index is 0. The fourth-order valence-corrected chi connectivity index (χ4v) is 3.86. The molecule has 0 aliphatic carbocycles. The monoisotopic (exact) mass is 462 g/mol. The summed E-state index contributed by atoms with van der Waals surface area (Å²) in [5.74, 6) is -0.988. The van der Waals surface area contributed by atoms with Crippen LogP contribution in [0.25, 0.3) is 28.2 Å². The molecule has 3 aromatic carbocycles. The first-order chi connectivity index (χ1) is 16.2. The van der Waals surface area contributed by atoms with Crippen LogP contribution in [0, 0.1) is 0 Å². The van der Waals surface area contributed by atoms with Gasteiger partial charge in [-0.15, -0.1) is 0 Å². The third-order valence-electron chi connectivity index (χ3n) is 5.46. The Bertz CT molecular complexity index is 1160. The van der Waals surface area contributed by atoms with Gasteiger partial charge in [0.05, 0.1) is 18.0 Å². The molecule has 6 heteroatoms. The van der Waals surface area contributed by atoms with Crippen molar-refractivity contribution < 1.29 is 44.2 Å². The summed E-state index contributed by atoms with van der Waals surface area (Å²) in [5, 5.41) is 10.6. The van der Waals surface area contributed by atoms with E-state index in [1.165, 1.54) is 0 Å². The summed E-state index contributed by atoms with van der Waals surface area (Å²) in [5.41, 5.74) is 4.92. The third kappa shape index (κ3) is 6.60. The van der Waals surface area contributed by atoms with Crippen molar-refractivity contribution in [2.24, 2.45) is 0 Å². The van der Waals surface area contributed by atoms with Crippen molar-refractivity contribution in [3.8, 4) is 34.2 Å². The number of carbonyl (C=O) groups excluding carboxylic acids is 1. The molecule has 4 rings (SSSR count). The molecule has 0 unspecified atom stereocenters. The Morgan fingerprint density at radius 1 is 0.765 bits per heavy atom. The van der Waals surface area contributed by atoms with Gasteiger partial charge in [0.25, 0.3) is 0 Å². The number of unbranched alkanes of at least 4 members (excludes halogenated alkanes) is 3. The molecule has 0 aliphatic heterocycles. The minimum Gasteiger partial charge on any atom is -0.550 e. The van der Waals surface area contributed by atoms with Crippen LogP contribution in [0.5, 0.6) is 6.01 Å². The van der Waals surface area contributed by atoms with Gasteiger partial charge in [0, 0.05) is 17.1 Å². The number of hydrogen-bond donors (Lipinski definition) is 0. The number of rotatable bonds is 11. The standard InChI is InChI=1S/C28H28N2O3.Na/c31-25(32)20-12-1-2-13-21-33-28-29-26(22-14-6-3-7-15-22)27(23-16-8-4-9-17-23)30(28)24-18-10-5-11-19-24;/h3-11,14-19H,1-2,12-13,20-21H2,(H,31,32);/q;+1/p-1. The van der Waals surface area contributed by atoms with Crippen LogP contribution < -0.4 is 39.4 Å². The van der Waals surface area contributed by atoms with E-state index in [4.69, 9.17) is 9.72 Å². The summed E-state index contributed by atoms with van der Waals surface area (Å²) >= 11 is 0. The summed E-state index contributed by atoms with van der Waals surface area (Å²) in [6, 6.07) is 31.0. The summed E-state index contributed by atoms with van der Waals surface area (Å²) in [4.78, 5) is 15.5. The molecule has 0 radical (unpaired) electrons. The van der Waals surface area contributed by atoms with E-state index in [1.807, 2.05) is 54.6 Å². The number of benzene rings is 3. The molecule has 0 aliphatic rings. The van der Waals surface area contributed by atoms with Crippen molar-refractivity contribution >= 4 is 5.97 Å². The Balaban J connectivity index is 0.00000324. The number of ether oxygens (including phenoxy) is 1. The smallest absolute Gasteiger partial charge is 0.550 e. The average molecular weight is 463 g/mol. The predicted octanol–water partition coefficient (Wildman–Crippen LogP) is 2.29. The van der Waals surface area contributed by atoms with Crippen molar-refractivity contribution in [3.63, 3.8) is 0 Å². The van der Waals surface area contributed by atoms with E-state index < -0.39 is 5.97 Å². The van der Waals surface area contributed by atoms with E-state index >= 15 is 0 Å². The fourth-order valence-electron chi connectivity index (χ4n) is 3.86. The molecule has 0 atom stereocenters. The van der Waals surface area contributed by atoms with Crippen molar-refractivity contribution in [3.05, 3.63) is 91.0 Å². The molecule has 0 saturated carbocycles. The second-order valence-corrected chi connectivity index (χ2v) is 7.88. The fraction of sp³-hybridized carbons (Fsp3) is 0.214. The van der Waals surface area contributed by atoms with Gasteiger partial charge in [-0.1, -0.05) is 91.7 Å². The van der Waals surface area contributed by atoms with E-state index in [0.717, 1.165) is 47.5 Å². The van der Waals surface area contributed by atoms with Gasteiger partial charge in [0.15, 0.2) is 0 Å². The first-order valence-electron chi connectivity index (χ1n) is 11.4. The van der Waals surface area contributed by atoms with Crippen LogP contribution in [-0.4, -0.2) is 22.1 Å². The molecule has 0 amide bonds. The molecule has 1 heterocycles. The van der Waals surface area contributed by atoms with E-state index in [2.05, 4.69) is 41.0 Å². The second-order valence-electron chi connectivity index (χ2n) is 7.88. The molecule has 5 nitrogen and oxygen atoms in total. The van der Waals surface area contributed by atoms with Crippen LogP contribution in [0.1, 0.15) is 32.1 Å². The SMILES string of the molecule is O=C([O-])CCCCCCOc1nc(-c2ccccc2)c(-c2ccccc2)n1-c1ccccc1.[Na+]. The van der Waals surface area contributed by atoms with E-state index in [9.17, 15) is 9.90 Å². The van der Waals surface area contributed by atoms with Gasteiger partial charge in [-0.3, -0.25) is 4.57 Å². The maximum absolute atomic E-state index is 10.6. The molecule has 0 spiro atoms. The van der Waals surface area contributed by atoms with E-state index in [0.29, 0.717) is 19.0 Å². The Kier molecular flexibility index (Phi) is 9.95. The normalized spacial score (nSPS) is 10.5. The number of aliphatic carboxylic acids is 1. The molecular formula is C28H27N2NaO3. The zero-order valence-electron chi connectivity index (χ0n) is 19.5. The van der Waals surface area contributed by atoms with E-state index in [-0.39, 0.29) is 36.0 Å². The number of aromatic nitrogens is 2. The number of carboxylic acid groups (broad SMARTS) is 1.